The van der Waals surface area contributed by atoms with E-state index in [-0.39, 0.29) is 0 Å². The van der Waals surface area contributed by atoms with Crippen molar-refractivity contribution in [3.63, 3.8) is 0 Å². The lowest BCUT2D eigenvalue weighted by Gasteiger charge is -2.38. The Morgan fingerprint density at radius 1 is 1.20 bits per heavy atom. The molecule has 1 aromatic rings. The van der Waals surface area contributed by atoms with Crippen LogP contribution in [0.4, 0.5) is 0 Å². The third kappa shape index (κ3) is 2.64. The molecule has 2 unspecified atom stereocenters. The van der Waals surface area contributed by atoms with Crippen LogP contribution < -0.4 is 14.8 Å². The summed E-state index contributed by atoms with van der Waals surface area (Å²) in [6.07, 6.45) is 8.22. The zero-order chi connectivity index (χ0) is 13.9. The Labute approximate surface area is 121 Å². The summed E-state index contributed by atoms with van der Waals surface area (Å²) in [4.78, 5) is 0. The molecule has 0 spiro atoms. The molecule has 1 N–H and O–H groups in total. The summed E-state index contributed by atoms with van der Waals surface area (Å²) in [7, 11) is 3.75. The van der Waals surface area contributed by atoms with Gasteiger partial charge in [-0.1, -0.05) is 19.3 Å². The van der Waals surface area contributed by atoms with Gasteiger partial charge in [-0.15, -0.1) is 0 Å². The number of ether oxygens (including phenoxy) is 2. The van der Waals surface area contributed by atoms with Gasteiger partial charge in [-0.05, 0) is 44.0 Å². The van der Waals surface area contributed by atoms with Crippen molar-refractivity contribution in [1.29, 1.82) is 0 Å². The van der Waals surface area contributed by atoms with Gasteiger partial charge >= 0.3 is 0 Å². The second-order valence-electron chi connectivity index (χ2n) is 6.04. The first-order valence-corrected chi connectivity index (χ1v) is 7.83. The molecule has 1 fully saturated rings. The fourth-order valence-electron chi connectivity index (χ4n) is 3.67. The molecule has 110 valence electrons. The third-order valence-electron chi connectivity index (χ3n) is 4.86. The Morgan fingerprint density at radius 3 is 2.70 bits per heavy atom. The van der Waals surface area contributed by atoms with Crippen LogP contribution in [-0.2, 0) is 0 Å². The Kier molecular flexibility index (Phi) is 4.16. The molecule has 3 nitrogen and oxygen atoms in total. The lowest BCUT2D eigenvalue weighted by atomic mass is 9.81. The molecule has 1 aromatic carbocycles. The molecular formula is C17H25NO2. The van der Waals surface area contributed by atoms with E-state index in [4.69, 9.17) is 9.47 Å². The minimum Gasteiger partial charge on any atom is -0.497 e. The van der Waals surface area contributed by atoms with Gasteiger partial charge in [0.05, 0.1) is 7.11 Å². The molecule has 20 heavy (non-hydrogen) atoms. The van der Waals surface area contributed by atoms with Crippen LogP contribution >= 0.6 is 0 Å². The smallest absolute Gasteiger partial charge is 0.124 e. The second-order valence-corrected chi connectivity index (χ2v) is 6.04. The van der Waals surface area contributed by atoms with E-state index < -0.39 is 0 Å². The molecule has 1 aliphatic carbocycles. The van der Waals surface area contributed by atoms with Gasteiger partial charge in [-0.3, -0.25) is 0 Å². The highest BCUT2D eigenvalue weighted by Crippen LogP contribution is 2.41. The van der Waals surface area contributed by atoms with E-state index in [1.807, 2.05) is 13.1 Å². The topological polar surface area (TPSA) is 30.5 Å². The van der Waals surface area contributed by atoms with E-state index in [0.29, 0.717) is 12.1 Å². The Bertz CT molecular complexity index is 454. The summed E-state index contributed by atoms with van der Waals surface area (Å²) < 4.78 is 11.6. The highest BCUT2D eigenvalue weighted by atomic mass is 16.5. The second kappa shape index (κ2) is 6.04. The van der Waals surface area contributed by atoms with E-state index in [0.717, 1.165) is 23.8 Å². The van der Waals surface area contributed by atoms with Gasteiger partial charge in [0.25, 0.3) is 0 Å². The van der Waals surface area contributed by atoms with Gasteiger partial charge in [-0.2, -0.15) is 0 Å². The lowest BCUT2D eigenvalue weighted by molar-refractivity contribution is 0.0739. The van der Waals surface area contributed by atoms with Gasteiger partial charge in [0, 0.05) is 18.0 Å². The molecule has 0 saturated heterocycles. The average molecular weight is 275 g/mol. The van der Waals surface area contributed by atoms with Crippen LogP contribution in [0.3, 0.4) is 0 Å². The number of nitrogens with one attached hydrogen (secondary N) is 1. The van der Waals surface area contributed by atoms with Crippen molar-refractivity contribution in [2.24, 2.45) is 5.92 Å². The van der Waals surface area contributed by atoms with Crippen LogP contribution in [0.15, 0.2) is 18.2 Å². The zero-order valence-electron chi connectivity index (χ0n) is 12.5. The minimum absolute atomic E-state index is 0.369. The largest absolute Gasteiger partial charge is 0.497 e. The van der Waals surface area contributed by atoms with Crippen LogP contribution in [0.2, 0.25) is 0 Å². The fraction of sp³-hybridized carbons (Fsp3) is 0.647. The molecule has 0 radical (unpaired) electrons. The standard InChI is InChI=1S/C17H25NO2/c1-18-15-11-17(12-6-4-3-5-7-12)20-16-9-8-13(19-2)10-14(15)16/h8-10,12,15,17-18H,3-7,11H2,1-2H3. The van der Waals surface area contributed by atoms with E-state index >= 15 is 0 Å². The summed E-state index contributed by atoms with van der Waals surface area (Å²) in [6.45, 7) is 0. The summed E-state index contributed by atoms with van der Waals surface area (Å²) in [5.74, 6) is 2.67. The van der Waals surface area contributed by atoms with Crippen LogP contribution in [0.25, 0.3) is 0 Å². The normalized spacial score (nSPS) is 26.7. The van der Waals surface area contributed by atoms with Crippen molar-refractivity contribution in [2.45, 2.75) is 50.7 Å². The van der Waals surface area contributed by atoms with Crippen molar-refractivity contribution in [3.8, 4) is 11.5 Å². The lowest BCUT2D eigenvalue weighted by Crippen LogP contribution is -2.37. The number of hydrogen-bond donors (Lipinski definition) is 1. The highest BCUT2D eigenvalue weighted by Gasteiger charge is 2.33. The van der Waals surface area contributed by atoms with Crippen LogP contribution in [0.1, 0.15) is 50.1 Å². The SMILES string of the molecule is CNC1CC(C2CCCCC2)Oc2ccc(OC)cc21. The average Bonchev–Trinajstić information content (AvgIpc) is 2.54. The van der Waals surface area contributed by atoms with Crippen molar-refractivity contribution in [1.82, 2.24) is 5.32 Å². The van der Waals surface area contributed by atoms with Gasteiger partial charge in [0.2, 0.25) is 0 Å². The molecule has 0 bridgehead atoms. The van der Waals surface area contributed by atoms with E-state index in [2.05, 4.69) is 17.4 Å². The maximum atomic E-state index is 6.31. The summed E-state index contributed by atoms with van der Waals surface area (Å²) in [5.41, 5.74) is 1.24. The van der Waals surface area contributed by atoms with Crippen molar-refractivity contribution in [3.05, 3.63) is 23.8 Å². The molecule has 3 heteroatoms. The maximum Gasteiger partial charge on any atom is 0.124 e. The molecule has 1 saturated carbocycles. The third-order valence-corrected chi connectivity index (χ3v) is 4.86. The maximum absolute atomic E-state index is 6.31. The van der Waals surface area contributed by atoms with Gasteiger partial charge in [-0.25, -0.2) is 0 Å². The number of methoxy groups -OCH3 is 1. The molecule has 3 rings (SSSR count). The van der Waals surface area contributed by atoms with Crippen molar-refractivity contribution >= 4 is 0 Å². The zero-order valence-corrected chi connectivity index (χ0v) is 12.5. The van der Waals surface area contributed by atoms with E-state index in [1.54, 1.807) is 7.11 Å². The first-order chi connectivity index (χ1) is 9.81. The van der Waals surface area contributed by atoms with Gasteiger partial charge in [0.1, 0.15) is 17.6 Å². The molecule has 1 heterocycles. The van der Waals surface area contributed by atoms with Crippen LogP contribution in [-0.4, -0.2) is 20.3 Å². The van der Waals surface area contributed by atoms with Crippen molar-refractivity contribution < 1.29 is 9.47 Å². The van der Waals surface area contributed by atoms with Crippen molar-refractivity contribution in [2.75, 3.05) is 14.2 Å². The summed E-state index contributed by atoms with van der Waals surface area (Å²) in [5, 5.41) is 3.44. The van der Waals surface area contributed by atoms with Crippen LogP contribution in [0.5, 0.6) is 11.5 Å². The van der Waals surface area contributed by atoms with Crippen LogP contribution in [0, 0.1) is 5.92 Å². The number of hydrogen-bond acceptors (Lipinski definition) is 3. The van der Waals surface area contributed by atoms with Gasteiger partial charge < -0.3 is 14.8 Å². The molecule has 1 aliphatic heterocycles. The summed E-state index contributed by atoms with van der Waals surface area (Å²) in [6, 6.07) is 6.54. The molecule has 2 aliphatic rings. The predicted octanol–water partition coefficient (Wildman–Crippen LogP) is 3.69. The highest BCUT2D eigenvalue weighted by molar-refractivity contribution is 5.43. The molecule has 0 aromatic heterocycles. The molecular weight excluding hydrogens is 250 g/mol. The summed E-state index contributed by atoms with van der Waals surface area (Å²) >= 11 is 0. The number of rotatable bonds is 3. The fourth-order valence-corrected chi connectivity index (χ4v) is 3.67. The number of fused-ring (bicyclic) bond motifs is 1. The van der Waals surface area contributed by atoms with E-state index in [9.17, 15) is 0 Å². The van der Waals surface area contributed by atoms with E-state index in [1.165, 1.54) is 37.7 Å². The number of benzene rings is 1. The minimum atomic E-state index is 0.369. The quantitative estimate of drug-likeness (QED) is 0.912. The van der Waals surface area contributed by atoms with Gasteiger partial charge in [0.15, 0.2) is 0 Å². The monoisotopic (exact) mass is 275 g/mol. The Hall–Kier alpha value is -1.22. The Balaban J connectivity index is 1.82. The predicted molar refractivity (Wildman–Crippen MR) is 80.4 cm³/mol. The first kappa shape index (κ1) is 13.7. The molecule has 2 atom stereocenters. The molecule has 0 amide bonds. The Morgan fingerprint density at radius 2 is 2.00 bits per heavy atom. The first-order valence-electron chi connectivity index (χ1n) is 7.83.